The van der Waals surface area contributed by atoms with Crippen molar-refractivity contribution in [1.29, 1.82) is 0 Å². The van der Waals surface area contributed by atoms with Gasteiger partial charge in [0, 0.05) is 12.0 Å². The van der Waals surface area contributed by atoms with E-state index in [1.54, 1.807) is 23.1 Å². The molecule has 0 aromatic heterocycles. The molecule has 2 aliphatic heterocycles. The van der Waals surface area contributed by atoms with Crippen LogP contribution in [0.5, 0.6) is 17.2 Å². The fourth-order valence-corrected chi connectivity index (χ4v) is 5.46. The second-order valence-electron chi connectivity index (χ2n) is 10.5. The lowest BCUT2D eigenvalue weighted by atomic mass is 9.94. The molecule has 1 fully saturated rings. The Balaban J connectivity index is 1.79. The van der Waals surface area contributed by atoms with E-state index in [9.17, 15) is 14.7 Å². The number of nitrogens with one attached hydrogen (secondary N) is 1. The van der Waals surface area contributed by atoms with Crippen LogP contribution in [0.2, 0.25) is 0 Å². The summed E-state index contributed by atoms with van der Waals surface area (Å²) in [5.41, 5.74) is 1.95. The molecule has 0 radical (unpaired) electrons. The molecule has 2 unspecified atom stereocenters. The largest absolute Gasteiger partial charge is 0.872 e. The molecule has 4 rings (SSSR count). The minimum absolute atomic E-state index is 0.0199. The zero-order chi connectivity index (χ0) is 28.8. The molecule has 216 valence electrons. The minimum Gasteiger partial charge on any atom is -0.872 e. The number of ketones is 1. The smallest absolute Gasteiger partial charge is 0.295 e. The Labute approximate surface area is 237 Å². The van der Waals surface area contributed by atoms with Crippen molar-refractivity contribution < 1.29 is 33.8 Å². The van der Waals surface area contributed by atoms with E-state index in [1.807, 2.05) is 32.0 Å². The Bertz CT molecular complexity index is 1250. The molecule has 0 saturated carbocycles. The van der Waals surface area contributed by atoms with Gasteiger partial charge in [-0.2, -0.15) is 0 Å². The number of rotatable bonds is 13. The summed E-state index contributed by atoms with van der Waals surface area (Å²) in [5, 5.41) is 14.0. The molecule has 40 heavy (non-hydrogen) atoms. The molecule has 8 heteroatoms. The fourth-order valence-electron chi connectivity index (χ4n) is 5.46. The Hall–Kier alpha value is -3.52. The number of hydrogen-bond acceptors (Lipinski definition) is 6. The van der Waals surface area contributed by atoms with Gasteiger partial charge in [-0.05, 0) is 75.1 Å². The number of ether oxygens (including phenoxy) is 3. The number of quaternary nitrogens is 1. The van der Waals surface area contributed by atoms with Gasteiger partial charge in [0.1, 0.15) is 11.9 Å². The number of carbonyl (C=O) groups is 2. The maximum absolute atomic E-state index is 14.0. The number of amides is 1. The lowest BCUT2D eigenvalue weighted by Crippen LogP contribution is -3.12. The standard InChI is InChI=1S/C32H42N2O6/c1-6-10-17-39-26-14-11-22(20-27(26)38-9-4)29-28(31(36)32(37)34(29)16-15-33(7-2)8-3)30(35)23-12-13-25-24(19-23)18-21(5)40-25/h11-14,19-21,29,35H,6-10,15-18H2,1-5H3/b30-28+. The predicted octanol–water partition coefficient (Wildman–Crippen LogP) is 2.74. The van der Waals surface area contributed by atoms with Crippen LogP contribution in [0.1, 0.15) is 70.2 Å². The maximum atomic E-state index is 14.0. The summed E-state index contributed by atoms with van der Waals surface area (Å²) < 4.78 is 17.7. The molecular weight excluding hydrogens is 508 g/mol. The van der Waals surface area contributed by atoms with Crippen LogP contribution in [0.4, 0.5) is 0 Å². The van der Waals surface area contributed by atoms with Crippen LogP contribution >= 0.6 is 0 Å². The molecule has 1 N–H and O–H groups in total. The number of nitrogens with zero attached hydrogens (tertiary/aromatic N) is 1. The summed E-state index contributed by atoms with van der Waals surface area (Å²) in [5.74, 6) is 0.0881. The molecule has 2 heterocycles. The van der Waals surface area contributed by atoms with Crippen LogP contribution in [0, 0.1) is 0 Å². The number of hydrogen-bond donors (Lipinski definition) is 1. The number of likely N-dealkylation sites (N-methyl/N-ethyl adjacent to an activating group) is 1. The van der Waals surface area contributed by atoms with E-state index in [0.717, 1.165) is 37.2 Å². The average Bonchev–Trinajstić information content (AvgIpc) is 3.45. The summed E-state index contributed by atoms with van der Waals surface area (Å²) in [7, 11) is 0. The van der Waals surface area contributed by atoms with Gasteiger partial charge in [-0.3, -0.25) is 9.59 Å². The monoisotopic (exact) mass is 550 g/mol. The molecule has 8 nitrogen and oxygen atoms in total. The number of benzene rings is 2. The highest BCUT2D eigenvalue weighted by Crippen LogP contribution is 2.42. The van der Waals surface area contributed by atoms with Gasteiger partial charge in [-0.15, -0.1) is 0 Å². The van der Waals surface area contributed by atoms with Crippen molar-refractivity contribution in [2.75, 3.05) is 39.4 Å². The number of unbranched alkanes of at least 4 members (excludes halogenated alkanes) is 1. The van der Waals surface area contributed by atoms with E-state index in [0.29, 0.717) is 55.4 Å². The van der Waals surface area contributed by atoms with Gasteiger partial charge < -0.3 is 29.1 Å². The molecule has 2 aromatic carbocycles. The van der Waals surface area contributed by atoms with E-state index in [-0.39, 0.29) is 11.7 Å². The molecule has 2 aliphatic rings. The van der Waals surface area contributed by atoms with Gasteiger partial charge in [-0.25, -0.2) is 0 Å². The molecular formula is C32H42N2O6. The predicted molar refractivity (Wildman–Crippen MR) is 152 cm³/mol. The van der Waals surface area contributed by atoms with Gasteiger partial charge in [0.2, 0.25) is 5.78 Å². The molecule has 0 aliphatic carbocycles. The first-order chi connectivity index (χ1) is 19.3. The van der Waals surface area contributed by atoms with E-state index < -0.39 is 23.5 Å². The highest BCUT2D eigenvalue weighted by molar-refractivity contribution is 6.46. The summed E-state index contributed by atoms with van der Waals surface area (Å²) in [6.45, 7) is 14.0. The normalized spacial score (nSPS) is 19.7. The Morgan fingerprint density at radius 1 is 1.05 bits per heavy atom. The third-order valence-electron chi connectivity index (χ3n) is 7.73. The quantitative estimate of drug-likeness (QED) is 0.179. The highest BCUT2D eigenvalue weighted by Gasteiger charge is 2.44. The Morgan fingerprint density at radius 3 is 2.52 bits per heavy atom. The zero-order valence-corrected chi connectivity index (χ0v) is 24.4. The maximum Gasteiger partial charge on any atom is 0.295 e. The van der Waals surface area contributed by atoms with Gasteiger partial charge in [0.05, 0.1) is 45.4 Å². The van der Waals surface area contributed by atoms with Crippen molar-refractivity contribution in [2.24, 2.45) is 0 Å². The summed E-state index contributed by atoms with van der Waals surface area (Å²) >= 11 is 0. The SMILES string of the molecule is CCCCOc1ccc(C2/C(=C(\[O-])c3ccc4c(c3)CC(C)O4)C(=O)C(=O)N2CC[NH+](CC)CC)cc1OCC. The third-order valence-corrected chi connectivity index (χ3v) is 7.73. The van der Waals surface area contributed by atoms with Crippen molar-refractivity contribution in [3.63, 3.8) is 0 Å². The number of fused-ring (bicyclic) bond motifs is 1. The molecule has 2 atom stereocenters. The van der Waals surface area contributed by atoms with Gasteiger partial charge in [0.25, 0.3) is 5.91 Å². The van der Waals surface area contributed by atoms with Gasteiger partial charge >= 0.3 is 0 Å². The second kappa shape index (κ2) is 13.2. The van der Waals surface area contributed by atoms with Crippen LogP contribution in [-0.4, -0.2) is 62.1 Å². The van der Waals surface area contributed by atoms with E-state index in [1.165, 1.54) is 4.90 Å². The first-order valence-electron chi connectivity index (χ1n) is 14.6. The Morgan fingerprint density at radius 2 is 1.82 bits per heavy atom. The van der Waals surface area contributed by atoms with Crippen molar-refractivity contribution in [2.45, 2.75) is 66.0 Å². The van der Waals surface area contributed by atoms with E-state index >= 15 is 0 Å². The minimum atomic E-state index is -0.810. The first-order valence-corrected chi connectivity index (χ1v) is 14.6. The van der Waals surface area contributed by atoms with Crippen molar-refractivity contribution in [3.8, 4) is 17.2 Å². The number of Topliss-reactive ketones (excluding diaryl/α,β-unsaturated/α-hetero) is 1. The first kappa shape index (κ1) is 29.5. The van der Waals surface area contributed by atoms with Crippen LogP contribution in [0.15, 0.2) is 42.0 Å². The third kappa shape index (κ3) is 6.12. The highest BCUT2D eigenvalue weighted by atomic mass is 16.5. The Kier molecular flexibility index (Phi) is 9.74. The summed E-state index contributed by atoms with van der Waals surface area (Å²) in [4.78, 5) is 29.8. The van der Waals surface area contributed by atoms with Crippen LogP contribution in [0.25, 0.3) is 5.76 Å². The molecule has 0 bridgehead atoms. The van der Waals surface area contributed by atoms with Crippen LogP contribution in [-0.2, 0) is 16.0 Å². The van der Waals surface area contributed by atoms with Crippen molar-refractivity contribution in [1.82, 2.24) is 4.90 Å². The summed E-state index contributed by atoms with van der Waals surface area (Å²) in [6.07, 6.45) is 2.64. The van der Waals surface area contributed by atoms with E-state index in [2.05, 4.69) is 20.8 Å². The molecule has 2 aromatic rings. The molecule has 1 amide bonds. The van der Waals surface area contributed by atoms with Crippen LogP contribution in [0.3, 0.4) is 0 Å². The van der Waals surface area contributed by atoms with Gasteiger partial charge in [-0.1, -0.05) is 31.2 Å². The summed E-state index contributed by atoms with van der Waals surface area (Å²) in [6, 6.07) is 9.90. The number of likely N-dealkylation sites (tertiary alicyclic amines) is 1. The zero-order valence-electron chi connectivity index (χ0n) is 24.4. The molecule has 1 saturated heterocycles. The topological polar surface area (TPSA) is 92.6 Å². The lowest BCUT2D eigenvalue weighted by molar-refractivity contribution is -0.895. The van der Waals surface area contributed by atoms with Crippen LogP contribution < -0.4 is 24.2 Å². The molecule has 0 spiro atoms. The van der Waals surface area contributed by atoms with Crippen molar-refractivity contribution >= 4 is 17.4 Å². The average molecular weight is 551 g/mol. The number of carbonyl (C=O) groups excluding carboxylic acids is 2. The van der Waals surface area contributed by atoms with Crippen molar-refractivity contribution in [3.05, 3.63) is 58.7 Å². The van der Waals surface area contributed by atoms with Gasteiger partial charge in [0.15, 0.2) is 11.5 Å². The fraction of sp³-hybridized carbons (Fsp3) is 0.500. The lowest BCUT2D eigenvalue weighted by Gasteiger charge is -2.29. The van der Waals surface area contributed by atoms with E-state index in [4.69, 9.17) is 14.2 Å². The second-order valence-corrected chi connectivity index (χ2v) is 10.5.